The van der Waals surface area contributed by atoms with Crippen LogP contribution in [0.15, 0.2) is 36.6 Å². The number of nitrogens with zero attached hydrogens (tertiary/aromatic N) is 1. The molecule has 1 heterocycles. The molecule has 65 valence electrons. The van der Waals surface area contributed by atoms with E-state index in [4.69, 9.17) is 0 Å². The second-order valence-corrected chi connectivity index (χ2v) is 2.65. The molecule has 0 fully saturated rings. The Balaban J connectivity index is 2.41. The molecule has 3 heteroatoms. The van der Waals surface area contributed by atoms with Gasteiger partial charge in [-0.3, -0.25) is 5.32 Å². The lowest BCUT2D eigenvalue weighted by molar-refractivity contribution is 0.580. The third-order valence-corrected chi connectivity index (χ3v) is 1.76. The molecule has 0 aromatic heterocycles. The topological polar surface area (TPSA) is 14.1 Å². The maximum absolute atomic E-state index is 13.1. The van der Waals surface area contributed by atoms with Gasteiger partial charge in [0.25, 0.3) is 0 Å². The molecule has 0 spiro atoms. The molecule has 0 saturated carbocycles. The van der Waals surface area contributed by atoms with Crippen LogP contribution < -0.4 is 5.32 Å². The van der Waals surface area contributed by atoms with Crippen molar-refractivity contribution >= 4 is 5.70 Å². The summed E-state index contributed by atoms with van der Waals surface area (Å²) in [5.41, 5.74) is 0.851. The van der Waals surface area contributed by atoms with E-state index in [1.165, 1.54) is 12.1 Å². The molecule has 0 unspecified atom stereocenters. The van der Waals surface area contributed by atoms with Crippen LogP contribution in [-0.4, -0.2) is 0 Å². The molecule has 1 radical (unpaired) electrons. The first-order valence-electron chi connectivity index (χ1n) is 3.80. The molecule has 0 bridgehead atoms. The van der Waals surface area contributed by atoms with E-state index in [9.17, 15) is 8.78 Å². The standard InChI is InChI=1S/C10H6F2N/c11-7-3-4-8(9(12)6-7)10-2-1-5-13-10/h1-6H. The minimum absolute atomic E-state index is 0.325. The van der Waals surface area contributed by atoms with E-state index in [1.54, 1.807) is 18.4 Å². The van der Waals surface area contributed by atoms with Crippen molar-refractivity contribution in [2.45, 2.75) is 0 Å². The van der Waals surface area contributed by atoms with Crippen LogP contribution >= 0.6 is 0 Å². The van der Waals surface area contributed by atoms with Crippen molar-refractivity contribution in [2.24, 2.45) is 0 Å². The van der Waals surface area contributed by atoms with Gasteiger partial charge in [0.2, 0.25) is 0 Å². The molecule has 1 nitrogen and oxygen atoms in total. The Morgan fingerprint density at radius 2 is 2.00 bits per heavy atom. The van der Waals surface area contributed by atoms with Gasteiger partial charge in [-0.15, -0.1) is 0 Å². The molecule has 1 aromatic rings. The number of allylic oxidation sites excluding steroid dienone is 2. The monoisotopic (exact) mass is 178 g/mol. The molecule has 0 amide bonds. The molecular weight excluding hydrogens is 172 g/mol. The number of halogens is 2. The van der Waals surface area contributed by atoms with Crippen LogP contribution in [0.4, 0.5) is 8.78 Å². The van der Waals surface area contributed by atoms with Gasteiger partial charge >= 0.3 is 0 Å². The molecule has 1 aliphatic heterocycles. The molecule has 13 heavy (non-hydrogen) atoms. The molecule has 0 atom stereocenters. The number of hydrogen-bond acceptors (Lipinski definition) is 0. The van der Waals surface area contributed by atoms with E-state index in [0.29, 0.717) is 11.3 Å². The Morgan fingerprint density at radius 3 is 2.62 bits per heavy atom. The fraction of sp³-hybridized carbons (Fsp3) is 0. The molecule has 0 aliphatic carbocycles. The predicted octanol–water partition coefficient (Wildman–Crippen LogP) is 2.44. The Hall–Kier alpha value is -1.64. The maximum atomic E-state index is 13.1. The third kappa shape index (κ3) is 1.45. The van der Waals surface area contributed by atoms with E-state index in [1.807, 2.05) is 0 Å². The van der Waals surface area contributed by atoms with Crippen molar-refractivity contribution in [3.8, 4) is 0 Å². The highest BCUT2D eigenvalue weighted by molar-refractivity contribution is 5.68. The fourth-order valence-electron chi connectivity index (χ4n) is 1.16. The van der Waals surface area contributed by atoms with Gasteiger partial charge in [0, 0.05) is 17.8 Å². The zero-order valence-electron chi connectivity index (χ0n) is 6.67. The third-order valence-electron chi connectivity index (χ3n) is 1.76. The summed E-state index contributed by atoms with van der Waals surface area (Å²) in [6.45, 7) is 0. The van der Waals surface area contributed by atoms with Gasteiger partial charge in [0.1, 0.15) is 11.6 Å². The van der Waals surface area contributed by atoms with Gasteiger partial charge in [-0.25, -0.2) is 8.78 Å². The van der Waals surface area contributed by atoms with Crippen molar-refractivity contribution in [3.63, 3.8) is 0 Å². The molecule has 1 aliphatic rings. The number of hydrogen-bond donors (Lipinski definition) is 0. The van der Waals surface area contributed by atoms with Crippen LogP contribution in [0.3, 0.4) is 0 Å². The van der Waals surface area contributed by atoms with Crippen LogP contribution in [0.25, 0.3) is 5.70 Å². The summed E-state index contributed by atoms with van der Waals surface area (Å²) in [7, 11) is 0. The summed E-state index contributed by atoms with van der Waals surface area (Å²) in [6.07, 6.45) is 4.95. The van der Waals surface area contributed by atoms with Crippen molar-refractivity contribution in [1.82, 2.24) is 5.32 Å². The van der Waals surface area contributed by atoms with Crippen LogP contribution in [0.5, 0.6) is 0 Å². The lowest BCUT2D eigenvalue weighted by atomic mass is 10.1. The van der Waals surface area contributed by atoms with Gasteiger partial charge in [0.15, 0.2) is 0 Å². The van der Waals surface area contributed by atoms with Gasteiger partial charge in [0.05, 0.1) is 5.70 Å². The Bertz CT molecular complexity index is 394. The van der Waals surface area contributed by atoms with Crippen LogP contribution in [0, 0.1) is 11.6 Å². The van der Waals surface area contributed by atoms with E-state index < -0.39 is 11.6 Å². The zero-order valence-corrected chi connectivity index (χ0v) is 6.67. The zero-order chi connectivity index (χ0) is 9.26. The molecule has 0 saturated heterocycles. The summed E-state index contributed by atoms with van der Waals surface area (Å²) in [6, 6.07) is 3.45. The lowest BCUT2D eigenvalue weighted by Crippen LogP contribution is -1.96. The SMILES string of the molecule is Fc1ccc(C2=CC=C[N]2)c(F)c1. The maximum Gasteiger partial charge on any atom is 0.135 e. The largest absolute Gasteiger partial charge is 0.256 e. The van der Waals surface area contributed by atoms with Gasteiger partial charge in [-0.2, -0.15) is 0 Å². The van der Waals surface area contributed by atoms with Crippen LogP contribution in [0.2, 0.25) is 0 Å². The number of benzene rings is 1. The van der Waals surface area contributed by atoms with Gasteiger partial charge in [-0.1, -0.05) is 0 Å². The Morgan fingerprint density at radius 1 is 1.15 bits per heavy atom. The molecule has 1 aromatic carbocycles. The summed E-state index contributed by atoms with van der Waals surface area (Å²) >= 11 is 0. The second-order valence-electron chi connectivity index (χ2n) is 2.65. The summed E-state index contributed by atoms with van der Waals surface area (Å²) in [5, 5.41) is 3.91. The normalized spacial score (nSPS) is 14.2. The van der Waals surface area contributed by atoms with Crippen LogP contribution in [0.1, 0.15) is 5.56 Å². The number of rotatable bonds is 1. The van der Waals surface area contributed by atoms with E-state index in [-0.39, 0.29) is 0 Å². The van der Waals surface area contributed by atoms with Crippen molar-refractivity contribution < 1.29 is 8.78 Å². The molecule has 0 N–H and O–H groups in total. The van der Waals surface area contributed by atoms with E-state index in [2.05, 4.69) is 5.32 Å². The summed E-state index contributed by atoms with van der Waals surface area (Å²) in [5.74, 6) is -1.16. The fourth-order valence-corrected chi connectivity index (χ4v) is 1.16. The first-order chi connectivity index (χ1) is 6.27. The minimum Gasteiger partial charge on any atom is -0.256 e. The highest BCUT2D eigenvalue weighted by Crippen LogP contribution is 2.20. The van der Waals surface area contributed by atoms with E-state index in [0.717, 1.165) is 6.07 Å². The Kier molecular flexibility index (Phi) is 1.85. The van der Waals surface area contributed by atoms with E-state index >= 15 is 0 Å². The van der Waals surface area contributed by atoms with Crippen molar-refractivity contribution in [3.05, 3.63) is 53.7 Å². The highest BCUT2D eigenvalue weighted by Gasteiger charge is 2.10. The van der Waals surface area contributed by atoms with Crippen LogP contribution in [-0.2, 0) is 0 Å². The summed E-state index contributed by atoms with van der Waals surface area (Å²) in [4.78, 5) is 0. The van der Waals surface area contributed by atoms with Gasteiger partial charge < -0.3 is 0 Å². The minimum atomic E-state index is -0.585. The highest BCUT2D eigenvalue weighted by atomic mass is 19.1. The quantitative estimate of drug-likeness (QED) is 0.627. The smallest absolute Gasteiger partial charge is 0.135 e. The first-order valence-corrected chi connectivity index (χ1v) is 3.80. The van der Waals surface area contributed by atoms with Crippen molar-refractivity contribution in [1.29, 1.82) is 0 Å². The van der Waals surface area contributed by atoms with Gasteiger partial charge in [-0.05, 0) is 24.3 Å². The predicted molar refractivity (Wildman–Crippen MR) is 45.6 cm³/mol. The average molecular weight is 178 g/mol. The molecule has 2 rings (SSSR count). The molecular formula is C10H6F2N. The average Bonchev–Trinajstić information content (AvgIpc) is 2.56. The lowest BCUT2D eigenvalue weighted by Gasteiger charge is -2.02. The first kappa shape index (κ1) is 7.98. The van der Waals surface area contributed by atoms with Crippen molar-refractivity contribution in [2.75, 3.05) is 0 Å². The second kappa shape index (κ2) is 3.01. The Labute approximate surface area is 74.4 Å². The summed E-state index contributed by atoms with van der Waals surface area (Å²) < 4.78 is 25.7.